The summed E-state index contributed by atoms with van der Waals surface area (Å²) in [5.41, 5.74) is 6.80. The maximum absolute atomic E-state index is 11.7. The molecule has 5 heteroatoms. The first-order valence-corrected chi connectivity index (χ1v) is 5.15. The number of pyridine rings is 2. The van der Waals surface area contributed by atoms with Crippen LogP contribution in [0.15, 0.2) is 42.7 Å². The van der Waals surface area contributed by atoms with Crippen LogP contribution in [0.2, 0.25) is 0 Å². The predicted molar refractivity (Wildman–Crippen MR) is 64.1 cm³/mol. The molecule has 0 aliphatic heterocycles. The number of nitrogens with one attached hydrogen (secondary N) is 1. The number of rotatable bonds is 3. The summed E-state index contributed by atoms with van der Waals surface area (Å²) < 4.78 is 0. The molecule has 2 heterocycles. The normalized spacial score (nSPS) is 9.88. The van der Waals surface area contributed by atoms with Crippen molar-refractivity contribution in [1.29, 1.82) is 0 Å². The van der Waals surface area contributed by atoms with Gasteiger partial charge in [0.15, 0.2) is 0 Å². The van der Waals surface area contributed by atoms with Gasteiger partial charge in [-0.05, 0) is 24.3 Å². The molecule has 2 aromatic heterocycles. The molecule has 0 atom stereocenters. The van der Waals surface area contributed by atoms with Crippen molar-refractivity contribution in [1.82, 2.24) is 15.3 Å². The lowest BCUT2D eigenvalue weighted by atomic mass is 10.2. The lowest BCUT2D eigenvalue weighted by Gasteiger charge is -2.04. The fraction of sp³-hybridized carbons (Fsp3) is 0.0833. The van der Waals surface area contributed by atoms with Crippen molar-refractivity contribution in [3.63, 3.8) is 0 Å². The predicted octanol–water partition coefficient (Wildman–Crippen LogP) is 0.989. The van der Waals surface area contributed by atoms with E-state index in [1.54, 1.807) is 12.3 Å². The van der Waals surface area contributed by atoms with E-state index in [0.717, 1.165) is 5.69 Å². The molecule has 1 amide bonds. The third-order valence-corrected chi connectivity index (χ3v) is 2.20. The lowest BCUT2D eigenvalue weighted by molar-refractivity contribution is 0.0950. The average Bonchev–Trinajstić information content (AvgIpc) is 2.37. The Kier molecular flexibility index (Phi) is 3.30. The second-order valence-corrected chi connectivity index (χ2v) is 3.47. The number of carbonyl (C=O) groups is 1. The molecule has 3 N–H and O–H groups in total. The SMILES string of the molecule is Nc1cc(C(=O)NCc2ccccn2)ccn1. The zero-order chi connectivity index (χ0) is 12.1. The molecule has 0 aliphatic carbocycles. The number of nitrogen functional groups attached to an aromatic ring is 1. The molecule has 0 unspecified atom stereocenters. The highest BCUT2D eigenvalue weighted by atomic mass is 16.1. The van der Waals surface area contributed by atoms with Crippen LogP contribution in [0.3, 0.4) is 0 Å². The van der Waals surface area contributed by atoms with E-state index in [1.807, 2.05) is 18.2 Å². The third kappa shape index (κ3) is 3.01. The van der Waals surface area contributed by atoms with Gasteiger partial charge in [-0.2, -0.15) is 0 Å². The number of nitrogens with zero attached hydrogens (tertiary/aromatic N) is 2. The van der Waals surface area contributed by atoms with Crippen molar-refractivity contribution in [2.75, 3.05) is 5.73 Å². The maximum atomic E-state index is 11.7. The number of aromatic nitrogens is 2. The van der Waals surface area contributed by atoms with Gasteiger partial charge in [-0.3, -0.25) is 9.78 Å². The molecule has 0 saturated heterocycles. The highest BCUT2D eigenvalue weighted by Gasteiger charge is 2.05. The van der Waals surface area contributed by atoms with Gasteiger partial charge >= 0.3 is 0 Å². The molecule has 0 saturated carbocycles. The molecular formula is C12H12N4O. The standard InChI is InChI=1S/C12H12N4O/c13-11-7-9(4-6-15-11)12(17)16-8-10-3-1-2-5-14-10/h1-7H,8H2,(H2,13,15)(H,16,17). The van der Waals surface area contributed by atoms with E-state index in [2.05, 4.69) is 15.3 Å². The van der Waals surface area contributed by atoms with Crippen LogP contribution in [0.25, 0.3) is 0 Å². The summed E-state index contributed by atoms with van der Waals surface area (Å²) >= 11 is 0. The van der Waals surface area contributed by atoms with Crippen LogP contribution in [0.1, 0.15) is 16.1 Å². The Morgan fingerprint density at radius 3 is 2.82 bits per heavy atom. The Morgan fingerprint density at radius 2 is 2.12 bits per heavy atom. The Labute approximate surface area is 98.7 Å². The number of hydrogen-bond donors (Lipinski definition) is 2. The molecule has 5 nitrogen and oxygen atoms in total. The van der Waals surface area contributed by atoms with E-state index < -0.39 is 0 Å². The van der Waals surface area contributed by atoms with Crippen molar-refractivity contribution in [2.45, 2.75) is 6.54 Å². The average molecular weight is 228 g/mol. The summed E-state index contributed by atoms with van der Waals surface area (Å²) in [6, 6.07) is 8.70. The van der Waals surface area contributed by atoms with Gasteiger partial charge in [0.2, 0.25) is 0 Å². The van der Waals surface area contributed by atoms with Gasteiger partial charge in [0.05, 0.1) is 12.2 Å². The van der Waals surface area contributed by atoms with Crippen molar-refractivity contribution in [2.24, 2.45) is 0 Å². The van der Waals surface area contributed by atoms with Crippen LogP contribution in [-0.2, 0) is 6.54 Å². The Morgan fingerprint density at radius 1 is 1.24 bits per heavy atom. The smallest absolute Gasteiger partial charge is 0.251 e. The second-order valence-electron chi connectivity index (χ2n) is 3.47. The number of nitrogens with two attached hydrogens (primary N) is 1. The van der Waals surface area contributed by atoms with Crippen molar-refractivity contribution in [3.05, 3.63) is 54.0 Å². The van der Waals surface area contributed by atoms with Gasteiger partial charge in [0.25, 0.3) is 5.91 Å². The van der Waals surface area contributed by atoms with Crippen molar-refractivity contribution >= 4 is 11.7 Å². The molecule has 0 aromatic carbocycles. The van der Waals surface area contributed by atoms with Crippen LogP contribution in [0, 0.1) is 0 Å². The lowest BCUT2D eigenvalue weighted by Crippen LogP contribution is -2.23. The minimum absolute atomic E-state index is 0.190. The Balaban J connectivity index is 1.98. The van der Waals surface area contributed by atoms with Gasteiger partial charge in [0.1, 0.15) is 5.82 Å². The molecular weight excluding hydrogens is 216 g/mol. The van der Waals surface area contributed by atoms with Gasteiger partial charge in [-0.15, -0.1) is 0 Å². The van der Waals surface area contributed by atoms with Crippen molar-refractivity contribution < 1.29 is 4.79 Å². The fourth-order valence-electron chi connectivity index (χ4n) is 1.37. The Bertz CT molecular complexity index is 513. The first kappa shape index (κ1) is 11.1. The number of amides is 1. The monoisotopic (exact) mass is 228 g/mol. The van der Waals surface area contributed by atoms with Crippen LogP contribution in [0.4, 0.5) is 5.82 Å². The molecule has 86 valence electrons. The third-order valence-electron chi connectivity index (χ3n) is 2.20. The molecule has 0 bridgehead atoms. The molecule has 2 aromatic rings. The van der Waals surface area contributed by atoms with E-state index in [-0.39, 0.29) is 5.91 Å². The second kappa shape index (κ2) is 5.07. The first-order valence-electron chi connectivity index (χ1n) is 5.15. The summed E-state index contributed by atoms with van der Waals surface area (Å²) in [5.74, 6) is 0.139. The highest BCUT2D eigenvalue weighted by Crippen LogP contribution is 2.03. The van der Waals surface area contributed by atoms with Gasteiger partial charge < -0.3 is 11.1 Å². The number of carbonyl (C=O) groups excluding carboxylic acids is 1. The summed E-state index contributed by atoms with van der Waals surface area (Å²) in [5, 5.41) is 2.76. The quantitative estimate of drug-likeness (QED) is 0.820. The Hall–Kier alpha value is -2.43. The fourth-order valence-corrected chi connectivity index (χ4v) is 1.37. The summed E-state index contributed by atoms with van der Waals surface area (Å²) in [7, 11) is 0. The number of anilines is 1. The minimum Gasteiger partial charge on any atom is -0.384 e. The zero-order valence-electron chi connectivity index (χ0n) is 9.13. The van der Waals surface area contributed by atoms with Crippen LogP contribution in [0.5, 0.6) is 0 Å². The molecule has 0 radical (unpaired) electrons. The molecule has 17 heavy (non-hydrogen) atoms. The van der Waals surface area contributed by atoms with Gasteiger partial charge in [-0.25, -0.2) is 4.98 Å². The zero-order valence-corrected chi connectivity index (χ0v) is 9.13. The van der Waals surface area contributed by atoms with E-state index in [1.165, 1.54) is 12.3 Å². The van der Waals surface area contributed by atoms with E-state index in [0.29, 0.717) is 17.9 Å². The molecule has 0 fully saturated rings. The number of hydrogen-bond acceptors (Lipinski definition) is 4. The summed E-state index contributed by atoms with van der Waals surface area (Å²) in [4.78, 5) is 19.7. The van der Waals surface area contributed by atoms with Crippen LogP contribution < -0.4 is 11.1 Å². The summed E-state index contributed by atoms with van der Waals surface area (Å²) in [6.45, 7) is 0.391. The van der Waals surface area contributed by atoms with Crippen LogP contribution in [-0.4, -0.2) is 15.9 Å². The van der Waals surface area contributed by atoms with Crippen LogP contribution >= 0.6 is 0 Å². The van der Waals surface area contributed by atoms with Gasteiger partial charge in [-0.1, -0.05) is 6.07 Å². The first-order chi connectivity index (χ1) is 8.25. The van der Waals surface area contributed by atoms with Crippen molar-refractivity contribution in [3.8, 4) is 0 Å². The van der Waals surface area contributed by atoms with E-state index >= 15 is 0 Å². The minimum atomic E-state index is -0.190. The summed E-state index contributed by atoms with van der Waals surface area (Å²) in [6.07, 6.45) is 3.19. The highest BCUT2D eigenvalue weighted by molar-refractivity contribution is 5.94. The van der Waals surface area contributed by atoms with E-state index in [9.17, 15) is 4.79 Å². The van der Waals surface area contributed by atoms with E-state index in [4.69, 9.17) is 5.73 Å². The molecule has 0 spiro atoms. The molecule has 0 aliphatic rings. The largest absolute Gasteiger partial charge is 0.384 e. The topological polar surface area (TPSA) is 80.9 Å². The maximum Gasteiger partial charge on any atom is 0.251 e. The van der Waals surface area contributed by atoms with Gasteiger partial charge in [0, 0.05) is 18.0 Å². The molecule has 2 rings (SSSR count).